The molecule has 5 aliphatic rings. The van der Waals surface area contributed by atoms with Gasteiger partial charge in [-0.15, -0.1) is 12.6 Å². The van der Waals surface area contributed by atoms with Gasteiger partial charge < -0.3 is 20.3 Å². The van der Waals surface area contributed by atoms with E-state index in [1.807, 2.05) is 6.92 Å². The number of amides is 1. The van der Waals surface area contributed by atoms with Gasteiger partial charge in [0.05, 0.1) is 17.3 Å². The number of rotatable bonds is 5. The molecule has 32 heavy (non-hydrogen) atoms. The first-order valence-corrected chi connectivity index (χ1v) is 11.4. The number of phenolic OH excluding ortho intramolecular Hbond substituents is 2. The number of aromatic hydroxyl groups is 2. The van der Waals surface area contributed by atoms with Crippen molar-refractivity contribution in [2.45, 2.75) is 57.7 Å². The number of ketones is 1. The summed E-state index contributed by atoms with van der Waals surface area (Å²) < 4.78 is 6.42. The van der Waals surface area contributed by atoms with Gasteiger partial charge in [0.1, 0.15) is 11.4 Å². The van der Waals surface area contributed by atoms with Gasteiger partial charge in [-0.1, -0.05) is 13.0 Å². The highest BCUT2D eigenvalue weighted by atomic mass is 32.1. The lowest BCUT2D eigenvalue weighted by molar-refractivity contribution is -0.169. The lowest BCUT2D eigenvalue weighted by atomic mass is 9.51. The third-order valence-electron chi connectivity index (χ3n) is 8.44. The van der Waals surface area contributed by atoms with Crippen LogP contribution in [-0.2, 0) is 14.3 Å². The molecule has 4 fully saturated rings. The first-order chi connectivity index (χ1) is 15.0. The second kappa shape index (κ2) is 6.84. The summed E-state index contributed by atoms with van der Waals surface area (Å²) in [5, 5.41) is 22.1. The Balaban J connectivity index is 1.36. The van der Waals surface area contributed by atoms with Crippen LogP contribution in [0.25, 0.3) is 0 Å². The molecule has 2 saturated carbocycles. The summed E-state index contributed by atoms with van der Waals surface area (Å²) in [6.07, 6.45) is 7.04. The van der Waals surface area contributed by atoms with Crippen LogP contribution < -0.4 is 5.32 Å². The fourth-order valence-corrected chi connectivity index (χ4v) is 7.27. The van der Waals surface area contributed by atoms with Crippen LogP contribution in [0.5, 0.6) is 11.5 Å². The summed E-state index contributed by atoms with van der Waals surface area (Å²) in [6, 6.07) is 2.44. The number of anilines is 1. The number of hydrogen-bond donors (Lipinski definition) is 4. The summed E-state index contributed by atoms with van der Waals surface area (Å²) in [4.78, 5) is 37.4. The van der Waals surface area contributed by atoms with E-state index in [4.69, 9.17) is 4.74 Å². The Labute approximate surface area is 191 Å². The highest BCUT2D eigenvalue weighted by Crippen LogP contribution is 2.71. The fraction of sp³-hybridized carbons (Fsp3) is 0.542. The average Bonchev–Trinajstić information content (AvgIpc) is 3.08. The van der Waals surface area contributed by atoms with Gasteiger partial charge in [0.25, 0.3) is 0 Å². The van der Waals surface area contributed by atoms with E-state index in [-0.39, 0.29) is 52.2 Å². The van der Waals surface area contributed by atoms with Gasteiger partial charge in [-0.2, -0.15) is 0 Å². The van der Waals surface area contributed by atoms with Gasteiger partial charge in [-0.25, -0.2) is 0 Å². The molecule has 0 unspecified atom stereocenters. The van der Waals surface area contributed by atoms with Crippen LogP contribution in [0.3, 0.4) is 0 Å². The van der Waals surface area contributed by atoms with E-state index in [0.29, 0.717) is 12.3 Å². The predicted molar refractivity (Wildman–Crippen MR) is 120 cm³/mol. The zero-order chi connectivity index (χ0) is 23.1. The Bertz CT molecular complexity index is 1080. The Kier molecular flexibility index (Phi) is 4.60. The number of hydrogen-bond acceptors (Lipinski definition) is 6. The van der Waals surface area contributed by atoms with Gasteiger partial charge in [0, 0.05) is 17.8 Å². The van der Waals surface area contributed by atoms with E-state index in [9.17, 15) is 24.6 Å². The van der Waals surface area contributed by atoms with Crippen molar-refractivity contribution in [3.8, 4) is 11.5 Å². The summed E-state index contributed by atoms with van der Waals surface area (Å²) in [5.41, 5.74) is -1.26. The molecule has 1 aromatic rings. The number of carbonyl (C=O) groups excluding carboxylic acids is 3. The van der Waals surface area contributed by atoms with Crippen LogP contribution >= 0.6 is 12.6 Å². The molecule has 8 heteroatoms. The number of phenols is 2. The molecular formula is C24H27NO6S. The molecule has 0 aromatic heterocycles. The van der Waals surface area contributed by atoms with E-state index < -0.39 is 22.2 Å². The lowest BCUT2D eigenvalue weighted by Crippen LogP contribution is -2.56. The van der Waals surface area contributed by atoms with Crippen molar-refractivity contribution in [3.63, 3.8) is 0 Å². The Hall–Kier alpha value is -2.32. The minimum atomic E-state index is -0.736. The van der Waals surface area contributed by atoms with Crippen molar-refractivity contribution in [2.24, 2.45) is 22.7 Å². The molecule has 0 radical (unpaired) electrons. The van der Waals surface area contributed by atoms with E-state index in [1.165, 1.54) is 12.1 Å². The molecule has 4 bridgehead atoms. The molecule has 7 nitrogen and oxygen atoms in total. The van der Waals surface area contributed by atoms with Gasteiger partial charge in [-0.3, -0.25) is 14.4 Å². The normalized spacial score (nSPS) is 38.7. The maximum absolute atomic E-state index is 13.1. The highest BCUT2D eigenvalue weighted by molar-refractivity contribution is 7.97. The monoisotopic (exact) mass is 457 g/mol. The predicted octanol–water partition coefficient (Wildman–Crippen LogP) is 3.61. The molecule has 1 amide bonds. The molecule has 2 saturated heterocycles. The molecule has 1 spiro atoms. The topological polar surface area (TPSA) is 113 Å². The fourth-order valence-electron chi connectivity index (χ4n) is 7.09. The zero-order valence-corrected chi connectivity index (χ0v) is 18.9. The third kappa shape index (κ3) is 2.88. The first kappa shape index (κ1) is 21.5. The molecule has 6 atom stereocenters. The standard InChI is InChI=1S/C24H27NO6S/c1-22(7-6-17(28)25-18-14(26)4-3-13(19(18)29)21(30)32)16(27)5-8-24-10-12-9-15(20(22)24)31-23(12,2)11-24/h3-5,8,12,15,20,26,29H,6-7,9-11H2,1-2H3,(H,25,28)(H,30,32)/t12-,15+,20+,22-,23+,24+/m0/s1. The van der Waals surface area contributed by atoms with E-state index in [1.54, 1.807) is 6.08 Å². The quantitative estimate of drug-likeness (QED) is 0.397. The van der Waals surface area contributed by atoms with Crippen molar-refractivity contribution >= 4 is 35.1 Å². The smallest absolute Gasteiger partial charge is 0.224 e. The van der Waals surface area contributed by atoms with Crippen molar-refractivity contribution in [1.29, 1.82) is 0 Å². The molecule has 6 rings (SSSR count). The van der Waals surface area contributed by atoms with E-state index in [0.717, 1.165) is 19.3 Å². The number of nitrogens with one attached hydrogen (secondary N) is 1. The van der Waals surface area contributed by atoms with Crippen LogP contribution in [0, 0.1) is 22.7 Å². The zero-order valence-electron chi connectivity index (χ0n) is 18.1. The van der Waals surface area contributed by atoms with Crippen LogP contribution in [0.2, 0.25) is 0 Å². The SMILES string of the molecule is C[C@@]12C[C@]34C=CC(=O)[C@](C)(CCC(=O)Nc5c(O)ccc(C(=O)S)c5O)[C@H]3[C@@H](C[C@H]1C4)O2. The molecular weight excluding hydrogens is 430 g/mol. The van der Waals surface area contributed by atoms with E-state index >= 15 is 0 Å². The van der Waals surface area contributed by atoms with Crippen molar-refractivity contribution in [1.82, 2.24) is 0 Å². The van der Waals surface area contributed by atoms with Gasteiger partial charge in [-0.05, 0) is 62.1 Å². The number of benzene rings is 1. The van der Waals surface area contributed by atoms with Crippen LogP contribution in [0.1, 0.15) is 56.3 Å². The largest absolute Gasteiger partial charge is 0.506 e. The summed E-state index contributed by atoms with van der Waals surface area (Å²) >= 11 is 3.69. The summed E-state index contributed by atoms with van der Waals surface area (Å²) in [7, 11) is 0. The molecule has 170 valence electrons. The third-order valence-corrected chi connectivity index (χ3v) is 8.68. The van der Waals surface area contributed by atoms with E-state index in [2.05, 4.69) is 30.9 Å². The summed E-state index contributed by atoms with van der Waals surface area (Å²) in [5.74, 6) is -0.802. The molecule has 3 N–H and O–H groups in total. The number of allylic oxidation sites excluding steroid dienone is 2. The minimum absolute atomic E-state index is 0.0110. The second-order valence-corrected chi connectivity index (χ2v) is 10.7. The molecule has 3 aliphatic carbocycles. The van der Waals surface area contributed by atoms with Gasteiger partial charge >= 0.3 is 0 Å². The van der Waals surface area contributed by atoms with Crippen LogP contribution in [0.4, 0.5) is 5.69 Å². The Morgan fingerprint density at radius 1 is 1.28 bits per heavy atom. The van der Waals surface area contributed by atoms with Crippen molar-refractivity contribution < 1.29 is 29.3 Å². The second-order valence-electron chi connectivity index (χ2n) is 10.3. The first-order valence-electron chi connectivity index (χ1n) is 11.0. The van der Waals surface area contributed by atoms with Crippen LogP contribution in [0.15, 0.2) is 24.3 Å². The average molecular weight is 458 g/mol. The Morgan fingerprint density at radius 3 is 2.72 bits per heavy atom. The maximum atomic E-state index is 13.1. The Morgan fingerprint density at radius 2 is 2.03 bits per heavy atom. The van der Waals surface area contributed by atoms with Crippen molar-refractivity contribution in [3.05, 3.63) is 29.8 Å². The molecule has 2 heterocycles. The minimum Gasteiger partial charge on any atom is -0.506 e. The lowest BCUT2D eigenvalue weighted by Gasteiger charge is -2.55. The highest BCUT2D eigenvalue weighted by Gasteiger charge is 2.71. The van der Waals surface area contributed by atoms with Gasteiger partial charge in [0.15, 0.2) is 11.5 Å². The van der Waals surface area contributed by atoms with Crippen LogP contribution in [-0.4, -0.2) is 38.7 Å². The number of thiol groups is 1. The summed E-state index contributed by atoms with van der Waals surface area (Å²) in [6.45, 7) is 4.12. The maximum Gasteiger partial charge on any atom is 0.224 e. The van der Waals surface area contributed by atoms with Gasteiger partial charge in [0.2, 0.25) is 11.0 Å². The number of ether oxygens (including phenoxy) is 1. The molecule has 2 aliphatic heterocycles. The molecule has 1 aromatic carbocycles. The van der Waals surface area contributed by atoms with Crippen molar-refractivity contribution in [2.75, 3.05) is 5.32 Å². The number of carbonyl (C=O) groups is 3.